The second kappa shape index (κ2) is 8.06. The van der Waals surface area contributed by atoms with Gasteiger partial charge in [0.2, 0.25) is 0 Å². The van der Waals surface area contributed by atoms with Gasteiger partial charge in [-0.1, -0.05) is 24.3 Å². The summed E-state index contributed by atoms with van der Waals surface area (Å²) >= 11 is 0. The van der Waals surface area contributed by atoms with Crippen LogP contribution in [-0.4, -0.2) is 27.2 Å². The first-order valence-corrected chi connectivity index (χ1v) is 7.45. The number of nitrogens with zero attached hydrogens (tertiary/aromatic N) is 1. The smallest absolute Gasteiger partial charge is 0.357 e. The molecule has 5 heteroatoms. The van der Waals surface area contributed by atoms with Crippen LogP contribution in [0, 0.1) is 6.92 Å². The van der Waals surface area contributed by atoms with Crippen LogP contribution in [0.25, 0.3) is 0 Å². The van der Waals surface area contributed by atoms with Crippen molar-refractivity contribution in [2.24, 2.45) is 0 Å². The lowest BCUT2D eigenvalue weighted by molar-refractivity contribution is -0.136. The second-order valence-electron chi connectivity index (χ2n) is 5.15. The van der Waals surface area contributed by atoms with Crippen molar-refractivity contribution in [2.75, 3.05) is 26.2 Å². The van der Waals surface area contributed by atoms with E-state index in [1.54, 1.807) is 11.9 Å². The number of carbonyl (C=O) groups excluding carboxylic acids is 1. The Kier molecular flexibility index (Phi) is 5.84. The van der Waals surface area contributed by atoms with Crippen LogP contribution in [0.1, 0.15) is 5.56 Å². The van der Waals surface area contributed by atoms with E-state index >= 15 is 0 Å². The van der Waals surface area contributed by atoms with Gasteiger partial charge < -0.3 is 19.1 Å². The van der Waals surface area contributed by atoms with Crippen LogP contribution in [-0.2, 0) is 14.3 Å². The predicted molar refractivity (Wildman–Crippen MR) is 93.2 cm³/mol. The minimum absolute atomic E-state index is 0.285. The van der Waals surface area contributed by atoms with E-state index in [0.717, 1.165) is 17.0 Å². The molecule has 0 atom stereocenters. The maximum Gasteiger partial charge on any atom is 0.357 e. The van der Waals surface area contributed by atoms with Crippen molar-refractivity contribution in [2.45, 2.75) is 6.92 Å². The number of methoxy groups -OCH3 is 2. The Hall–Kier alpha value is -2.95. The Labute approximate surface area is 142 Å². The van der Waals surface area contributed by atoms with Gasteiger partial charge in [-0.05, 0) is 30.7 Å². The molecule has 5 nitrogen and oxygen atoms in total. The van der Waals surface area contributed by atoms with Gasteiger partial charge >= 0.3 is 5.97 Å². The third-order valence-corrected chi connectivity index (χ3v) is 3.51. The van der Waals surface area contributed by atoms with Crippen LogP contribution in [0.15, 0.2) is 60.5 Å². The molecule has 0 aliphatic heterocycles. The summed E-state index contributed by atoms with van der Waals surface area (Å²) in [6, 6.07) is 15.2. The molecule has 0 saturated heterocycles. The van der Waals surface area contributed by atoms with Gasteiger partial charge in [0.05, 0.1) is 14.2 Å². The van der Waals surface area contributed by atoms with E-state index in [1.165, 1.54) is 20.5 Å². The van der Waals surface area contributed by atoms with E-state index in [0.29, 0.717) is 5.75 Å². The number of aryl methyl sites for hydroxylation is 1. The highest BCUT2D eigenvalue weighted by molar-refractivity contribution is 5.92. The van der Waals surface area contributed by atoms with Gasteiger partial charge in [0.25, 0.3) is 0 Å². The fourth-order valence-electron chi connectivity index (χ4n) is 2.17. The minimum atomic E-state index is -0.482. The molecule has 2 rings (SSSR count). The largest absolute Gasteiger partial charge is 0.502 e. The molecule has 0 aromatic heterocycles. The van der Waals surface area contributed by atoms with Gasteiger partial charge in [-0.15, -0.1) is 0 Å². The van der Waals surface area contributed by atoms with E-state index in [4.69, 9.17) is 14.2 Å². The molecule has 24 heavy (non-hydrogen) atoms. The topological polar surface area (TPSA) is 48.0 Å². The molecule has 2 aromatic rings. The lowest BCUT2D eigenvalue weighted by Crippen LogP contribution is -2.24. The fraction of sp³-hybridized carbons (Fsp3) is 0.211. The molecule has 0 spiro atoms. The zero-order valence-corrected chi connectivity index (χ0v) is 14.3. The maximum atomic E-state index is 11.9. The van der Waals surface area contributed by atoms with Crippen LogP contribution in [0.4, 0.5) is 5.69 Å². The molecule has 0 amide bonds. The number of carbonyl (C=O) groups is 1. The minimum Gasteiger partial charge on any atom is -0.502 e. The number of anilines is 1. The molecule has 0 N–H and O–H groups in total. The van der Waals surface area contributed by atoms with Crippen LogP contribution >= 0.6 is 0 Å². The van der Waals surface area contributed by atoms with Crippen molar-refractivity contribution in [1.82, 2.24) is 0 Å². The predicted octanol–water partition coefficient (Wildman–Crippen LogP) is 3.88. The Morgan fingerprint density at radius 3 is 2.50 bits per heavy atom. The molecular formula is C19H21NO4. The monoisotopic (exact) mass is 327 g/mol. The molecule has 0 aliphatic carbocycles. The number of para-hydroxylation sites is 1. The average molecular weight is 327 g/mol. The number of hydrogen-bond acceptors (Lipinski definition) is 5. The lowest BCUT2D eigenvalue weighted by Gasteiger charge is -2.21. The van der Waals surface area contributed by atoms with Gasteiger partial charge in [-0.2, -0.15) is 0 Å². The summed E-state index contributed by atoms with van der Waals surface area (Å²) in [4.78, 5) is 13.6. The Morgan fingerprint density at radius 1 is 1.08 bits per heavy atom. The van der Waals surface area contributed by atoms with Crippen LogP contribution in [0.2, 0.25) is 0 Å². The zero-order chi connectivity index (χ0) is 17.5. The molecular weight excluding hydrogens is 306 g/mol. The van der Waals surface area contributed by atoms with Gasteiger partial charge in [0.15, 0.2) is 5.70 Å². The Balaban J connectivity index is 2.28. The first-order valence-electron chi connectivity index (χ1n) is 7.45. The molecule has 126 valence electrons. The summed E-state index contributed by atoms with van der Waals surface area (Å²) in [6.45, 7) is 1.99. The normalized spacial score (nSPS) is 10.9. The molecule has 0 aliphatic rings. The number of benzene rings is 2. The van der Waals surface area contributed by atoms with Gasteiger partial charge in [0.1, 0.15) is 17.8 Å². The highest BCUT2D eigenvalue weighted by Crippen LogP contribution is 2.28. The SMILES string of the molecule is CO/C=C(/C(=O)OC)N(C)c1cccc(Oc2ccccc2C)c1. The fourth-order valence-corrected chi connectivity index (χ4v) is 2.17. The van der Waals surface area contributed by atoms with Crippen molar-refractivity contribution in [3.05, 3.63) is 66.1 Å². The zero-order valence-electron chi connectivity index (χ0n) is 14.3. The third-order valence-electron chi connectivity index (χ3n) is 3.51. The van der Waals surface area contributed by atoms with Crippen LogP contribution < -0.4 is 9.64 Å². The van der Waals surface area contributed by atoms with Crippen molar-refractivity contribution in [3.63, 3.8) is 0 Å². The molecule has 0 heterocycles. The van der Waals surface area contributed by atoms with Crippen LogP contribution in [0.3, 0.4) is 0 Å². The van der Waals surface area contributed by atoms with E-state index < -0.39 is 5.97 Å². The standard InChI is InChI=1S/C19H21NO4/c1-14-8-5-6-11-18(14)24-16-10-7-9-15(12-16)20(2)17(13-22-3)19(21)23-4/h5-13H,1-4H3/b17-13-. The average Bonchev–Trinajstić information content (AvgIpc) is 2.60. The first-order chi connectivity index (χ1) is 11.6. The van der Waals surface area contributed by atoms with Gasteiger partial charge in [-0.3, -0.25) is 0 Å². The number of likely N-dealkylation sites (N-methyl/N-ethyl adjacent to an activating group) is 1. The van der Waals surface area contributed by atoms with Crippen molar-refractivity contribution < 1.29 is 19.0 Å². The number of esters is 1. The maximum absolute atomic E-state index is 11.9. The summed E-state index contributed by atoms with van der Waals surface area (Å²) in [6.07, 6.45) is 1.35. The van der Waals surface area contributed by atoms with E-state index in [1.807, 2.05) is 55.5 Å². The number of hydrogen-bond donors (Lipinski definition) is 0. The lowest BCUT2D eigenvalue weighted by atomic mass is 10.2. The summed E-state index contributed by atoms with van der Waals surface area (Å²) in [5, 5.41) is 0. The highest BCUT2D eigenvalue weighted by Gasteiger charge is 2.17. The van der Waals surface area contributed by atoms with Crippen molar-refractivity contribution in [3.8, 4) is 11.5 Å². The highest BCUT2D eigenvalue weighted by atomic mass is 16.5. The molecule has 0 saturated carbocycles. The quantitative estimate of drug-likeness (QED) is 0.458. The van der Waals surface area contributed by atoms with Crippen molar-refractivity contribution in [1.29, 1.82) is 0 Å². The molecule has 2 aromatic carbocycles. The Bertz CT molecular complexity index is 740. The third kappa shape index (κ3) is 4.07. The molecule has 0 bridgehead atoms. The van der Waals surface area contributed by atoms with E-state index in [2.05, 4.69) is 0 Å². The second-order valence-corrected chi connectivity index (χ2v) is 5.15. The Morgan fingerprint density at radius 2 is 1.83 bits per heavy atom. The van der Waals surface area contributed by atoms with Gasteiger partial charge in [0, 0.05) is 18.8 Å². The molecule has 0 fully saturated rings. The van der Waals surface area contributed by atoms with Crippen molar-refractivity contribution >= 4 is 11.7 Å². The summed E-state index contributed by atoms with van der Waals surface area (Å²) < 4.78 is 15.7. The number of ether oxygens (including phenoxy) is 3. The van der Waals surface area contributed by atoms with Gasteiger partial charge in [-0.25, -0.2) is 4.79 Å². The van der Waals surface area contributed by atoms with Crippen LogP contribution in [0.5, 0.6) is 11.5 Å². The first kappa shape index (κ1) is 17.4. The summed E-state index contributed by atoms with van der Waals surface area (Å²) in [5.74, 6) is 0.984. The number of rotatable bonds is 6. The van der Waals surface area contributed by atoms with E-state index in [9.17, 15) is 4.79 Å². The molecule has 0 radical (unpaired) electrons. The van der Waals surface area contributed by atoms with E-state index in [-0.39, 0.29) is 5.70 Å². The molecule has 0 unspecified atom stereocenters. The summed E-state index contributed by atoms with van der Waals surface area (Å²) in [7, 11) is 4.57. The summed E-state index contributed by atoms with van der Waals surface area (Å²) in [5.41, 5.74) is 2.11.